The van der Waals surface area contributed by atoms with Gasteiger partial charge in [-0.25, -0.2) is 0 Å². The summed E-state index contributed by atoms with van der Waals surface area (Å²) >= 11 is 0. The number of aliphatic carboxylic acids is 1. The molecule has 0 saturated carbocycles. The van der Waals surface area contributed by atoms with Crippen LogP contribution in [0.2, 0.25) is 0 Å². The highest BCUT2D eigenvalue weighted by Crippen LogP contribution is 2.11. The van der Waals surface area contributed by atoms with Crippen LogP contribution in [0, 0.1) is 5.92 Å². The van der Waals surface area contributed by atoms with Crippen molar-refractivity contribution >= 4 is 17.7 Å². The fourth-order valence-corrected chi connectivity index (χ4v) is 2.22. The van der Waals surface area contributed by atoms with Gasteiger partial charge >= 0.3 is 5.97 Å². The second-order valence-electron chi connectivity index (χ2n) is 5.67. The van der Waals surface area contributed by atoms with Gasteiger partial charge in [-0.1, -0.05) is 19.1 Å². The van der Waals surface area contributed by atoms with Crippen molar-refractivity contribution in [3.05, 3.63) is 35.4 Å². The number of carbonyl (C=O) groups is 3. The molecule has 1 aromatic carbocycles. The Morgan fingerprint density at radius 2 is 1.75 bits per heavy atom. The number of Topliss-reactive ketones (excluding diaryl/α,β-unsaturated/α-hetero) is 1. The number of benzene rings is 1. The van der Waals surface area contributed by atoms with Gasteiger partial charge in [-0.05, 0) is 32.4 Å². The lowest BCUT2D eigenvalue weighted by Gasteiger charge is -2.24. The number of amides is 1. The Hall–Kier alpha value is -2.21. The summed E-state index contributed by atoms with van der Waals surface area (Å²) in [5.74, 6) is -1.90. The average molecular weight is 335 g/mol. The molecule has 6 heteroatoms. The third-order valence-electron chi connectivity index (χ3n) is 3.66. The van der Waals surface area contributed by atoms with Crippen molar-refractivity contribution in [1.29, 1.82) is 0 Å². The van der Waals surface area contributed by atoms with E-state index in [9.17, 15) is 14.4 Å². The molecule has 0 aliphatic rings. The van der Waals surface area contributed by atoms with Crippen LogP contribution in [0.5, 0.6) is 0 Å². The zero-order valence-electron chi connectivity index (χ0n) is 14.4. The second kappa shape index (κ2) is 9.82. The molecule has 0 aliphatic carbocycles. The summed E-state index contributed by atoms with van der Waals surface area (Å²) in [4.78, 5) is 36.6. The van der Waals surface area contributed by atoms with Gasteiger partial charge < -0.3 is 14.7 Å². The number of ketones is 1. The monoisotopic (exact) mass is 335 g/mol. The maximum absolute atomic E-state index is 12.7. The predicted molar refractivity (Wildman–Crippen MR) is 90.3 cm³/mol. The first kappa shape index (κ1) is 19.8. The molecule has 0 aromatic heterocycles. The van der Waals surface area contributed by atoms with E-state index in [1.54, 1.807) is 31.2 Å². The molecule has 6 nitrogen and oxygen atoms in total. The number of hydrogen-bond donors (Lipinski definition) is 1. The molecular weight excluding hydrogens is 310 g/mol. The number of rotatable bonds is 10. The molecule has 0 saturated heterocycles. The molecule has 1 amide bonds. The molecule has 132 valence electrons. The van der Waals surface area contributed by atoms with Crippen LogP contribution in [0.4, 0.5) is 0 Å². The van der Waals surface area contributed by atoms with Gasteiger partial charge in [0.2, 0.25) is 0 Å². The molecule has 1 aromatic rings. The maximum atomic E-state index is 12.7. The van der Waals surface area contributed by atoms with Crippen LogP contribution in [0.15, 0.2) is 24.3 Å². The molecule has 1 atom stereocenters. The van der Waals surface area contributed by atoms with Gasteiger partial charge in [0.05, 0.1) is 5.92 Å². The third kappa shape index (κ3) is 6.12. The standard InChI is InChI=1S/C18H25NO5/c1-4-24-11-5-10-19(12-13(2)18(22)23)17(21)16-8-6-15(7-9-16)14(3)20/h6-9,13H,4-5,10-12H2,1-3H3,(H,22,23). The number of carboxylic acids is 1. The summed E-state index contributed by atoms with van der Waals surface area (Å²) in [6.45, 7) is 6.61. The lowest BCUT2D eigenvalue weighted by molar-refractivity contribution is -0.141. The second-order valence-corrected chi connectivity index (χ2v) is 5.67. The Morgan fingerprint density at radius 1 is 1.17 bits per heavy atom. The van der Waals surface area contributed by atoms with E-state index in [4.69, 9.17) is 9.84 Å². The number of carboxylic acid groups (broad SMARTS) is 1. The van der Waals surface area contributed by atoms with E-state index in [0.717, 1.165) is 0 Å². The van der Waals surface area contributed by atoms with E-state index in [0.29, 0.717) is 37.3 Å². The normalized spacial score (nSPS) is 11.8. The Bertz CT molecular complexity index is 567. The Labute approximate surface area is 142 Å². The smallest absolute Gasteiger partial charge is 0.308 e. The van der Waals surface area contributed by atoms with Crippen LogP contribution in [0.3, 0.4) is 0 Å². The number of ether oxygens (including phenoxy) is 1. The first-order valence-corrected chi connectivity index (χ1v) is 8.07. The van der Waals surface area contributed by atoms with Gasteiger partial charge in [-0.3, -0.25) is 14.4 Å². The number of hydrogen-bond acceptors (Lipinski definition) is 4. The van der Waals surface area contributed by atoms with Gasteiger partial charge in [-0.2, -0.15) is 0 Å². The first-order valence-electron chi connectivity index (χ1n) is 8.07. The highest BCUT2D eigenvalue weighted by Gasteiger charge is 2.21. The minimum absolute atomic E-state index is 0.0675. The van der Waals surface area contributed by atoms with Crippen molar-refractivity contribution in [2.24, 2.45) is 5.92 Å². The molecule has 0 bridgehead atoms. The summed E-state index contributed by atoms with van der Waals surface area (Å²) in [6, 6.07) is 6.41. The summed E-state index contributed by atoms with van der Waals surface area (Å²) in [6.07, 6.45) is 0.636. The lowest BCUT2D eigenvalue weighted by Crippen LogP contribution is -2.38. The van der Waals surface area contributed by atoms with Crippen LogP contribution < -0.4 is 0 Å². The van der Waals surface area contributed by atoms with Crippen molar-refractivity contribution < 1.29 is 24.2 Å². The molecule has 0 spiro atoms. The molecule has 0 radical (unpaired) electrons. The molecule has 24 heavy (non-hydrogen) atoms. The van der Waals surface area contributed by atoms with Crippen LogP contribution in [-0.4, -0.2) is 54.0 Å². The third-order valence-corrected chi connectivity index (χ3v) is 3.66. The molecular formula is C18H25NO5. The fraction of sp³-hybridized carbons (Fsp3) is 0.500. The van der Waals surface area contributed by atoms with E-state index >= 15 is 0 Å². The summed E-state index contributed by atoms with van der Waals surface area (Å²) in [7, 11) is 0. The van der Waals surface area contributed by atoms with Crippen LogP contribution in [0.25, 0.3) is 0 Å². The SMILES string of the molecule is CCOCCCN(CC(C)C(=O)O)C(=O)c1ccc(C(C)=O)cc1. The summed E-state index contributed by atoms with van der Waals surface area (Å²) < 4.78 is 5.27. The van der Waals surface area contributed by atoms with Crippen molar-refractivity contribution in [1.82, 2.24) is 4.90 Å². The maximum Gasteiger partial charge on any atom is 0.308 e. The summed E-state index contributed by atoms with van der Waals surface area (Å²) in [5.41, 5.74) is 0.974. The zero-order valence-corrected chi connectivity index (χ0v) is 14.4. The molecule has 0 fully saturated rings. The van der Waals surface area contributed by atoms with Crippen LogP contribution >= 0.6 is 0 Å². The van der Waals surface area contributed by atoms with Crippen LogP contribution in [-0.2, 0) is 9.53 Å². The highest BCUT2D eigenvalue weighted by molar-refractivity contribution is 5.97. The minimum Gasteiger partial charge on any atom is -0.481 e. The predicted octanol–water partition coefficient (Wildman–Crippen LogP) is 2.48. The van der Waals surface area contributed by atoms with Gasteiger partial charge in [0.25, 0.3) is 5.91 Å². The van der Waals surface area contributed by atoms with Gasteiger partial charge in [0, 0.05) is 37.4 Å². The Balaban J connectivity index is 2.84. The van der Waals surface area contributed by atoms with Gasteiger partial charge in [0.15, 0.2) is 5.78 Å². The van der Waals surface area contributed by atoms with Crippen molar-refractivity contribution in [2.45, 2.75) is 27.2 Å². The molecule has 1 rings (SSSR count). The minimum atomic E-state index is -0.940. The largest absolute Gasteiger partial charge is 0.481 e. The lowest BCUT2D eigenvalue weighted by atomic mass is 10.1. The van der Waals surface area contributed by atoms with Crippen LogP contribution in [0.1, 0.15) is 47.9 Å². The number of nitrogens with zero attached hydrogens (tertiary/aromatic N) is 1. The Morgan fingerprint density at radius 3 is 2.25 bits per heavy atom. The molecule has 0 aliphatic heterocycles. The van der Waals surface area contributed by atoms with Crippen molar-refractivity contribution in [3.63, 3.8) is 0 Å². The summed E-state index contributed by atoms with van der Waals surface area (Å²) in [5, 5.41) is 9.09. The quantitative estimate of drug-likeness (QED) is 0.524. The van der Waals surface area contributed by atoms with Gasteiger partial charge in [-0.15, -0.1) is 0 Å². The fourth-order valence-electron chi connectivity index (χ4n) is 2.22. The molecule has 1 unspecified atom stereocenters. The van der Waals surface area contributed by atoms with E-state index < -0.39 is 11.9 Å². The average Bonchev–Trinajstić information content (AvgIpc) is 2.56. The van der Waals surface area contributed by atoms with E-state index in [1.165, 1.54) is 11.8 Å². The van der Waals surface area contributed by atoms with Crippen molar-refractivity contribution in [3.8, 4) is 0 Å². The van der Waals surface area contributed by atoms with E-state index in [1.807, 2.05) is 6.92 Å². The van der Waals surface area contributed by atoms with Gasteiger partial charge in [0.1, 0.15) is 0 Å². The molecule has 1 N–H and O–H groups in total. The Kier molecular flexibility index (Phi) is 8.12. The van der Waals surface area contributed by atoms with E-state index in [-0.39, 0.29) is 18.2 Å². The first-order chi connectivity index (χ1) is 11.4. The topological polar surface area (TPSA) is 83.9 Å². The molecule has 0 heterocycles. The zero-order chi connectivity index (χ0) is 18.1. The van der Waals surface area contributed by atoms with Crippen molar-refractivity contribution in [2.75, 3.05) is 26.3 Å². The number of carbonyl (C=O) groups excluding carboxylic acids is 2. The van der Waals surface area contributed by atoms with E-state index in [2.05, 4.69) is 0 Å². The highest BCUT2D eigenvalue weighted by atomic mass is 16.5.